The minimum absolute atomic E-state index is 0.107. The average molecular weight is 301 g/mol. The maximum atomic E-state index is 13.2. The zero-order valence-electron chi connectivity index (χ0n) is 8.81. The maximum Gasteiger partial charge on any atom is 0.445 e. The zero-order valence-corrected chi connectivity index (χ0v) is 11.1. The second-order valence-electron chi connectivity index (χ2n) is 3.63. The van der Waals surface area contributed by atoms with Gasteiger partial charge in [0.05, 0.1) is 0 Å². The summed E-state index contributed by atoms with van der Waals surface area (Å²) in [6.07, 6.45) is 1.81. The molecule has 1 aromatic rings. The van der Waals surface area contributed by atoms with E-state index in [1.165, 1.54) is 12.1 Å². The van der Waals surface area contributed by atoms with Crippen molar-refractivity contribution in [3.05, 3.63) is 33.7 Å². The fourth-order valence-corrected chi connectivity index (χ4v) is 5.20. The number of hydrogen-bond acceptors (Lipinski definition) is 0. The van der Waals surface area contributed by atoms with Gasteiger partial charge in [-0.25, -0.2) is 0 Å². The van der Waals surface area contributed by atoms with E-state index < -0.39 is 14.7 Å². The van der Waals surface area contributed by atoms with E-state index in [-0.39, 0.29) is 21.2 Å². The van der Waals surface area contributed by atoms with Crippen LogP contribution in [-0.2, 0) is 0 Å². The molecule has 1 aliphatic rings. The Bertz CT molecular complexity index is 496. The predicted octanol–water partition coefficient (Wildman–Crippen LogP) is 5.94. The highest BCUT2D eigenvalue weighted by Crippen LogP contribution is 2.80. The lowest BCUT2D eigenvalue weighted by molar-refractivity contribution is -0.0359. The predicted molar refractivity (Wildman–Crippen MR) is 67.5 cm³/mol. The second kappa shape index (κ2) is 4.11. The molecule has 17 heavy (non-hydrogen) atoms. The number of fused-ring (bicyclic) bond motifs is 1. The number of hydrogen-bond donors (Lipinski definition) is 0. The van der Waals surface area contributed by atoms with Crippen molar-refractivity contribution >= 4 is 37.6 Å². The van der Waals surface area contributed by atoms with Crippen molar-refractivity contribution in [2.75, 3.05) is 0 Å². The van der Waals surface area contributed by atoms with Gasteiger partial charge in [0.15, 0.2) is 0 Å². The number of alkyl halides is 3. The lowest BCUT2D eigenvalue weighted by Gasteiger charge is -2.34. The van der Waals surface area contributed by atoms with Gasteiger partial charge in [0, 0.05) is 9.92 Å². The summed E-state index contributed by atoms with van der Waals surface area (Å²) in [6.45, 7) is 1.68. The van der Waals surface area contributed by atoms with Crippen LogP contribution in [0.5, 0.6) is 0 Å². The summed E-state index contributed by atoms with van der Waals surface area (Å²) >= 11 is 5.76. The third kappa shape index (κ3) is 1.86. The van der Waals surface area contributed by atoms with E-state index >= 15 is 0 Å². The molecule has 1 atom stereocenters. The highest BCUT2D eigenvalue weighted by Gasteiger charge is 2.55. The summed E-state index contributed by atoms with van der Waals surface area (Å²) in [7, 11) is 2.50. The van der Waals surface area contributed by atoms with Crippen molar-refractivity contribution in [1.82, 2.24) is 0 Å². The molecule has 0 aliphatic carbocycles. The van der Waals surface area contributed by atoms with Crippen LogP contribution in [0.1, 0.15) is 18.9 Å². The first-order valence-corrected chi connectivity index (χ1v) is 7.74. The summed E-state index contributed by atoms with van der Waals surface area (Å²) in [4.78, 5) is 0.347. The van der Waals surface area contributed by atoms with Crippen LogP contribution >= 0.6 is 31.5 Å². The molecule has 6 heteroatoms. The number of allylic oxidation sites excluding steroid dienone is 1. The van der Waals surface area contributed by atoms with Crippen LogP contribution in [0, 0.1) is 0 Å². The van der Waals surface area contributed by atoms with E-state index in [4.69, 9.17) is 22.3 Å². The maximum absolute atomic E-state index is 13.2. The van der Waals surface area contributed by atoms with Gasteiger partial charge in [-0.3, -0.25) is 0 Å². The van der Waals surface area contributed by atoms with Gasteiger partial charge in [0.1, 0.15) is 0 Å². The van der Waals surface area contributed by atoms with Gasteiger partial charge < -0.3 is 0 Å². The van der Waals surface area contributed by atoms with Crippen molar-refractivity contribution < 1.29 is 13.2 Å². The molecule has 0 bridgehead atoms. The highest BCUT2D eigenvalue weighted by atomic mass is 35.7. The molecular formula is C11H9Cl2F3S. The van der Waals surface area contributed by atoms with Crippen LogP contribution < -0.4 is 0 Å². The Kier molecular flexibility index (Phi) is 3.17. The minimum atomic E-state index is -4.45. The van der Waals surface area contributed by atoms with Crippen LogP contribution in [0.2, 0.25) is 5.02 Å². The summed E-state index contributed by atoms with van der Waals surface area (Å²) < 4.78 is 39.6. The van der Waals surface area contributed by atoms with Crippen molar-refractivity contribution in [1.29, 1.82) is 0 Å². The van der Waals surface area contributed by atoms with Gasteiger partial charge in [-0.2, -0.15) is 13.2 Å². The molecule has 1 unspecified atom stereocenters. The molecule has 94 valence electrons. The van der Waals surface area contributed by atoms with E-state index in [9.17, 15) is 13.2 Å². The monoisotopic (exact) mass is 300 g/mol. The number of halogens is 5. The van der Waals surface area contributed by atoms with Crippen LogP contribution in [0.15, 0.2) is 28.0 Å². The first kappa shape index (κ1) is 13.1. The van der Waals surface area contributed by atoms with Gasteiger partial charge in [-0.15, -0.1) is 0 Å². The lowest BCUT2D eigenvalue weighted by Crippen LogP contribution is -2.16. The first-order chi connectivity index (χ1) is 7.80. The molecule has 0 aromatic heterocycles. The minimum Gasteiger partial charge on any atom is -0.160 e. The Balaban J connectivity index is 2.68. The summed E-state index contributed by atoms with van der Waals surface area (Å²) in [5.41, 5.74) is -3.93. The van der Waals surface area contributed by atoms with Gasteiger partial charge >= 0.3 is 5.51 Å². The fourth-order valence-electron chi connectivity index (χ4n) is 1.84. The molecular weight excluding hydrogens is 292 g/mol. The van der Waals surface area contributed by atoms with Gasteiger partial charge in [0.25, 0.3) is 0 Å². The van der Waals surface area contributed by atoms with Crippen molar-refractivity contribution in [2.45, 2.75) is 23.7 Å². The molecule has 0 saturated heterocycles. The molecule has 0 N–H and O–H groups in total. The molecule has 0 saturated carbocycles. The third-order valence-electron chi connectivity index (χ3n) is 2.62. The summed E-state index contributed by atoms with van der Waals surface area (Å²) in [6, 6.07) is 4.48. The molecule has 2 rings (SSSR count). The quantitative estimate of drug-likeness (QED) is 0.602. The standard InChI is InChI=1S/C11H9Cl2F3S/c1-2-9-5-7-3-4-8(12)6-10(7)17(9,13)11(14,15)16/h3-6H,2H2,1H3. The summed E-state index contributed by atoms with van der Waals surface area (Å²) in [5.74, 6) is 0. The van der Waals surface area contributed by atoms with E-state index in [0.29, 0.717) is 5.56 Å². The van der Waals surface area contributed by atoms with E-state index in [2.05, 4.69) is 0 Å². The second-order valence-corrected chi connectivity index (χ2v) is 7.96. The van der Waals surface area contributed by atoms with Crippen molar-refractivity contribution in [3.8, 4) is 0 Å². The highest BCUT2D eigenvalue weighted by molar-refractivity contribution is 8.54. The molecule has 1 aliphatic heterocycles. The third-order valence-corrected chi connectivity index (χ3v) is 7.20. The smallest absolute Gasteiger partial charge is 0.160 e. The molecule has 1 heterocycles. The molecule has 1 aromatic carbocycles. The van der Waals surface area contributed by atoms with Crippen LogP contribution in [0.25, 0.3) is 6.08 Å². The Morgan fingerprint density at radius 2 is 1.94 bits per heavy atom. The van der Waals surface area contributed by atoms with Crippen LogP contribution in [0.4, 0.5) is 13.2 Å². The molecule has 0 radical (unpaired) electrons. The van der Waals surface area contributed by atoms with Crippen molar-refractivity contribution in [2.24, 2.45) is 0 Å². The van der Waals surface area contributed by atoms with Crippen molar-refractivity contribution in [3.63, 3.8) is 0 Å². The molecule has 0 nitrogen and oxygen atoms in total. The topological polar surface area (TPSA) is 0 Å². The Morgan fingerprint density at radius 1 is 1.29 bits per heavy atom. The van der Waals surface area contributed by atoms with Gasteiger partial charge in [-0.05, 0) is 55.0 Å². The van der Waals surface area contributed by atoms with E-state index in [1.54, 1.807) is 19.1 Å². The number of rotatable bonds is 1. The molecule has 0 amide bonds. The zero-order chi connectivity index (χ0) is 12.8. The number of benzene rings is 1. The lowest BCUT2D eigenvalue weighted by atomic mass is 10.2. The van der Waals surface area contributed by atoms with Gasteiger partial charge in [0.2, 0.25) is 0 Å². The normalized spacial score (nSPS) is 27.3. The van der Waals surface area contributed by atoms with Crippen LogP contribution in [0.3, 0.4) is 0 Å². The van der Waals surface area contributed by atoms with E-state index in [0.717, 1.165) is 0 Å². The first-order valence-electron chi connectivity index (χ1n) is 4.90. The molecule has 0 spiro atoms. The Labute approximate surface area is 108 Å². The van der Waals surface area contributed by atoms with Crippen LogP contribution in [-0.4, -0.2) is 5.51 Å². The average Bonchev–Trinajstić information content (AvgIpc) is 2.52. The van der Waals surface area contributed by atoms with Gasteiger partial charge in [-0.1, -0.05) is 24.6 Å². The SMILES string of the molecule is CCC1=Cc2ccc(Cl)cc2S1(Cl)C(F)(F)F. The molecule has 0 fully saturated rings. The largest absolute Gasteiger partial charge is 0.445 e. The van der Waals surface area contributed by atoms with E-state index in [1.807, 2.05) is 0 Å². The summed E-state index contributed by atoms with van der Waals surface area (Å²) in [5, 5.41) is 0.274. The Hall–Kier alpha value is -0.320. The Morgan fingerprint density at radius 3 is 2.47 bits per heavy atom. The fraction of sp³-hybridized carbons (Fsp3) is 0.273.